The Balaban J connectivity index is 2.10. The highest BCUT2D eigenvalue weighted by Gasteiger charge is 2.26. The molecule has 1 unspecified atom stereocenters. The van der Waals surface area contributed by atoms with Gasteiger partial charge in [0.2, 0.25) is 0 Å². The van der Waals surface area contributed by atoms with E-state index in [0.29, 0.717) is 0 Å². The number of hydrogen-bond acceptors (Lipinski definition) is 3. The molecule has 2 aromatic rings. The molecule has 3 rings (SSSR count). The fraction of sp³-hybridized carbons (Fsp3) is 0.385. The number of fused-ring (bicyclic) bond motifs is 3. The normalized spacial score (nSPS) is 19.0. The van der Waals surface area contributed by atoms with E-state index in [9.17, 15) is 4.79 Å². The van der Waals surface area contributed by atoms with Gasteiger partial charge < -0.3 is 9.30 Å². The third-order valence-electron chi connectivity index (χ3n) is 3.13. The van der Waals surface area contributed by atoms with Crippen molar-refractivity contribution < 1.29 is 9.53 Å². The number of aryl methyl sites for hydroxylation is 1. The van der Waals surface area contributed by atoms with E-state index in [-0.39, 0.29) is 12.1 Å². The van der Waals surface area contributed by atoms with Crippen molar-refractivity contribution in [3.8, 4) is 0 Å². The molecule has 0 bridgehead atoms. The van der Waals surface area contributed by atoms with Gasteiger partial charge in [0.25, 0.3) is 0 Å². The number of nitrogens with zero attached hydrogens (tertiary/aromatic N) is 2. The van der Waals surface area contributed by atoms with Crippen LogP contribution < -0.4 is 0 Å². The van der Waals surface area contributed by atoms with Crippen molar-refractivity contribution in [1.29, 1.82) is 0 Å². The highest BCUT2D eigenvalue weighted by Crippen LogP contribution is 2.31. The Morgan fingerprint density at radius 2 is 2.29 bits per heavy atom. The maximum absolute atomic E-state index is 11.1. The summed E-state index contributed by atoms with van der Waals surface area (Å²) in [6, 6.07) is 8.03. The summed E-state index contributed by atoms with van der Waals surface area (Å²) in [6.45, 7) is 2.40. The number of imidazole rings is 1. The Kier molecular flexibility index (Phi) is 2.35. The lowest BCUT2D eigenvalue weighted by atomic mass is 10.1. The number of rotatable bonds is 1. The van der Waals surface area contributed by atoms with Gasteiger partial charge in [0.1, 0.15) is 0 Å². The van der Waals surface area contributed by atoms with Gasteiger partial charge in [0, 0.05) is 13.5 Å². The number of ether oxygens (including phenoxy) is 1. The van der Waals surface area contributed by atoms with Crippen molar-refractivity contribution in [3.63, 3.8) is 0 Å². The largest absolute Gasteiger partial charge is 0.454 e. The van der Waals surface area contributed by atoms with Gasteiger partial charge in [-0.05, 0) is 25.0 Å². The molecule has 88 valence electrons. The van der Waals surface area contributed by atoms with Crippen LogP contribution in [0.2, 0.25) is 0 Å². The zero-order valence-electron chi connectivity index (χ0n) is 9.72. The number of carbonyl (C=O) groups is 1. The van der Waals surface area contributed by atoms with Gasteiger partial charge in [0.15, 0.2) is 11.9 Å². The van der Waals surface area contributed by atoms with Crippen LogP contribution in [0, 0.1) is 0 Å². The fourth-order valence-corrected chi connectivity index (χ4v) is 2.45. The maximum atomic E-state index is 11.1. The third kappa shape index (κ3) is 1.69. The molecule has 4 heteroatoms. The van der Waals surface area contributed by atoms with Crippen LogP contribution in [0.3, 0.4) is 0 Å². The average molecular weight is 230 g/mol. The zero-order chi connectivity index (χ0) is 11.8. The molecule has 17 heavy (non-hydrogen) atoms. The van der Waals surface area contributed by atoms with Crippen molar-refractivity contribution in [1.82, 2.24) is 9.55 Å². The van der Waals surface area contributed by atoms with Crippen LogP contribution >= 0.6 is 0 Å². The predicted octanol–water partition coefficient (Wildman–Crippen LogP) is 2.43. The van der Waals surface area contributed by atoms with Gasteiger partial charge in [-0.3, -0.25) is 4.79 Å². The van der Waals surface area contributed by atoms with Gasteiger partial charge >= 0.3 is 5.97 Å². The number of benzene rings is 1. The summed E-state index contributed by atoms with van der Waals surface area (Å²) in [6.07, 6.45) is 1.70. The SMILES string of the molecule is CC(=O)OC1CCCn2c1nc1ccccc12. The third-order valence-corrected chi connectivity index (χ3v) is 3.13. The Morgan fingerprint density at radius 3 is 3.12 bits per heavy atom. The molecule has 2 heterocycles. The average Bonchev–Trinajstić information content (AvgIpc) is 2.68. The first-order valence-corrected chi connectivity index (χ1v) is 5.88. The molecule has 1 aliphatic rings. The standard InChI is InChI=1S/C13H14N2O2/c1-9(16)17-12-7-4-8-15-11-6-3-2-5-10(11)14-13(12)15/h2-3,5-6,12H,4,7-8H2,1H3. The van der Waals surface area contributed by atoms with E-state index in [1.165, 1.54) is 6.92 Å². The first-order chi connectivity index (χ1) is 8.25. The molecule has 0 amide bonds. The summed E-state index contributed by atoms with van der Waals surface area (Å²) < 4.78 is 7.48. The number of hydrogen-bond donors (Lipinski definition) is 0. The molecule has 1 aromatic carbocycles. The van der Waals surface area contributed by atoms with Gasteiger partial charge in [-0.25, -0.2) is 4.98 Å². The van der Waals surface area contributed by atoms with Crippen LogP contribution in [0.4, 0.5) is 0 Å². The van der Waals surface area contributed by atoms with Crippen LogP contribution in [0.25, 0.3) is 11.0 Å². The summed E-state index contributed by atoms with van der Waals surface area (Å²) in [5, 5.41) is 0. The van der Waals surface area contributed by atoms with Crippen molar-refractivity contribution in [3.05, 3.63) is 30.1 Å². The van der Waals surface area contributed by atoms with Crippen LogP contribution in [0.5, 0.6) is 0 Å². The number of aromatic nitrogens is 2. The second kappa shape index (κ2) is 3.87. The van der Waals surface area contributed by atoms with Crippen LogP contribution in [0.1, 0.15) is 31.7 Å². The molecule has 0 aliphatic carbocycles. The van der Waals surface area contributed by atoms with Crippen molar-refractivity contribution in [2.75, 3.05) is 0 Å². The molecule has 0 saturated heterocycles. The smallest absolute Gasteiger partial charge is 0.303 e. The Hall–Kier alpha value is -1.84. The Morgan fingerprint density at radius 1 is 1.47 bits per heavy atom. The highest BCUT2D eigenvalue weighted by molar-refractivity contribution is 5.76. The molecule has 4 nitrogen and oxygen atoms in total. The monoisotopic (exact) mass is 230 g/mol. The van der Waals surface area contributed by atoms with Crippen molar-refractivity contribution in [2.24, 2.45) is 0 Å². The lowest BCUT2D eigenvalue weighted by Crippen LogP contribution is -2.19. The zero-order valence-corrected chi connectivity index (χ0v) is 9.72. The second-order valence-corrected chi connectivity index (χ2v) is 4.35. The molecule has 0 spiro atoms. The second-order valence-electron chi connectivity index (χ2n) is 4.35. The highest BCUT2D eigenvalue weighted by atomic mass is 16.5. The maximum Gasteiger partial charge on any atom is 0.303 e. The van der Waals surface area contributed by atoms with E-state index >= 15 is 0 Å². The van der Waals surface area contributed by atoms with Gasteiger partial charge in [-0.1, -0.05) is 12.1 Å². The molecular weight excluding hydrogens is 216 g/mol. The van der Waals surface area contributed by atoms with E-state index in [0.717, 1.165) is 36.2 Å². The minimum absolute atomic E-state index is 0.186. The van der Waals surface area contributed by atoms with Crippen molar-refractivity contribution >= 4 is 17.0 Å². The summed E-state index contributed by atoms with van der Waals surface area (Å²) >= 11 is 0. The van der Waals surface area contributed by atoms with Gasteiger partial charge in [-0.2, -0.15) is 0 Å². The van der Waals surface area contributed by atoms with Crippen LogP contribution in [0.15, 0.2) is 24.3 Å². The molecule has 0 saturated carbocycles. The van der Waals surface area contributed by atoms with E-state index in [1.807, 2.05) is 18.2 Å². The summed E-state index contributed by atoms with van der Waals surface area (Å²) in [5.74, 6) is 0.642. The van der Waals surface area contributed by atoms with Crippen molar-refractivity contribution in [2.45, 2.75) is 32.4 Å². The quantitative estimate of drug-likeness (QED) is 0.707. The number of para-hydroxylation sites is 2. The molecule has 0 fully saturated rings. The van der Waals surface area contributed by atoms with E-state index in [2.05, 4.69) is 15.6 Å². The van der Waals surface area contributed by atoms with E-state index in [4.69, 9.17) is 4.74 Å². The van der Waals surface area contributed by atoms with Crippen LogP contribution in [-0.2, 0) is 16.1 Å². The molecule has 1 aliphatic heterocycles. The predicted molar refractivity (Wildman–Crippen MR) is 63.5 cm³/mol. The lowest BCUT2D eigenvalue weighted by molar-refractivity contribution is -0.148. The number of carbonyl (C=O) groups excluding carboxylic acids is 1. The molecule has 0 radical (unpaired) electrons. The van der Waals surface area contributed by atoms with E-state index < -0.39 is 0 Å². The first-order valence-electron chi connectivity index (χ1n) is 5.88. The Bertz CT molecular complexity index is 574. The number of esters is 1. The van der Waals surface area contributed by atoms with Crippen LogP contribution in [-0.4, -0.2) is 15.5 Å². The topological polar surface area (TPSA) is 44.1 Å². The fourth-order valence-electron chi connectivity index (χ4n) is 2.45. The summed E-state index contributed by atoms with van der Waals surface area (Å²) in [4.78, 5) is 15.7. The minimum Gasteiger partial charge on any atom is -0.454 e. The van der Waals surface area contributed by atoms with Gasteiger partial charge in [-0.15, -0.1) is 0 Å². The molecular formula is C13H14N2O2. The van der Waals surface area contributed by atoms with Gasteiger partial charge in [0.05, 0.1) is 11.0 Å². The van der Waals surface area contributed by atoms with E-state index in [1.54, 1.807) is 0 Å². The lowest BCUT2D eigenvalue weighted by Gasteiger charge is -2.23. The first kappa shape index (κ1) is 10.3. The molecule has 1 atom stereocenters. The summed E-state index contributed by atoms with van der Waals surface area (Å²) in [5.41, 5.74) is 2.10. The molecule has 0 N–H and O–H groups in total. The Labute approximate surface area is 99.2 Å². The minimum atomic E-state index is -0.240. The molecule has 1 aromatic heterocycles. The summed E-state index contributed by atoms with van der Waals surface area (Å²) in [7, 11) is 0.